The molecule has 36 heavy (non-hydrogen) atoms. The zero-order valence-electron chi connectivity index (χ0n) is 21.5. The first kappa shape index (κ1) is 27.9. The minimum absolute atomic E-state index is 0.0954. The first-order valence-electron chi connectivity index (χ1n) is 13.1. The van der Waals surface area contributed by atoms with E-state index in [1.165, 1.54) is 73.4 Å². The average molecular weight is 512 g/mol. The van der Waals surface area contributed by atoms with Crippen molar-refractivity contribution in [2.75, 3.05) is 0 Å². The molecule has 2 heterocycles. The molecule has 1 aromatic carbocycles. The Morgan fingerprint density at radius 3 is 2.22 bits per heavy atom. The molecular weight excluding hydrogens is 473 g/mol. The first-order chi connectivity index (χ1) is 17.5. The van der Waals surface area contributed by atoms with Gasteiger partial charge in [-0.1, -0.05) is 82.2 Å². The summed E-state index contributed by atoms with van der Waals surface area (Å²) in [5, 5.41) is 0.677. The van der Waals surface area contributed by atoms with Gasteiger partial charge in [-0.2, -0.15) is 4.98 Å². The van der Waals surface area contributed by atoms with Crippen LogP contribution >= 0.6 is 11.8 Å². The van der Waals surface area contributed by atoms with E-state index in [-0.39, 0.29) is 16.9 Å². The van der Waals surface area contributed by atoms with Gasteiger partial charge in [-0.25, -0.2) is 4.39 Å². The lowest BCUT2D eigenvalue weighted by Gasteiger charge is -2.14. The summed E-state index contributed by atoms with van der Waals surface area (Å²) in [6.07, 6.45) is 15.2. The molecule has 3 rings (SSSR count). The number of benzene rings is 1. The van der Waals surface area contributed by atoms with E-state index in [0.29, 0.717) is 22.9 Å². The van der Waals surface area contributed by atoms with Crippen LogP contribution in [0.5, 0.6) is 0 Å². The Balaban J connectivity index is 1.67. The van der Waals surface area contributed by atoms with E-state index >= 15 is 0 Å². The average Bonchev–Trinajstić information content (AvgIpc) is 2.87. The predicted molar refractivity (Wildman–Crippen MR) is 146 cm³/mol. The van der Waals surface area contributed by atoms with Gasteiger partial charge in [0.1, 0.15) is 5.82 Å². The molecule has 0 saturated heterocycles. The number of hydrogen-bond donors (Lipinski definition) is 0. The van der Waals surface area contributed by atoms with Crippen molar-refractivity contribution in [1.29, 1.82) is 0 Å². The Morgan fingerprint density at radius 2 is 1.56 bits per heavy atom. The number of hydrogen-bond acceptors (Lipinski definition) is 4. The highest BCUT2D eigenvalue weighted by Crippen LogP contribution is 2.22. The van der Waals surface area contributed by atoms with E-state index < -0.39 is 0 Å². The van der Waals surface area contributed by atoms with E-state index in [4.69, 9.17) is 0 Å². The number of rotatable bonds is 15. The van der Waals surface area contributed by atoms with E-state index in [9.17, 15) is 14.0 Å². The van der Waals surface area contributed by atoms with Crippen LogP contribution in [0.3, 0.4) is 0 Å². The van der Waals surface area contributed by atoms with Crippen LogP contribution in [-0.2, 0) is 25.8 Å². The van der Waals surface area contributed by atoms with Crippen molar-refractivity contribution in [3.05, 3.63) is 92.0 Å². The summed E-state index contributed by atoms with van der Waals surface area (Å²) in [6.45, 7) is 3.03. The summed E-state index contributed by atoms with van der Waals surface area (Å²) in [7, 11) is 1.71. The third kappa shape index (κ3) is 9.08. The second-order valence-electron chi connectivity index (χ2n) is 9.45. The van der Waals surface area contributed by atoms with Gasteiger partial charge in [-0.15, -0.1) is 0 Å². The zero-order chi connectivity index (χ0) is 25.8. The van der Waals surface area contributed by atoms with Gasteiger partial charge in [0.2, 0.25) is 0 Å². The molecule has 0 saturated carbocycles. The van der Waals surface area contributed by atoms with Crippen LogP contribution in [-0.4, -0.2) is 14.1 Å². The van der Waals surface area contributed by atoms with Gasteiger partial charge in [0.05, 0.1) is 0 Å². The summed E-state index contributed by atoms with van der Waals surface area (Å²) in [5.41, 5.74) is 2.01. The molecule has 7 heteroatoms. The Labute approximate surface area is 217 Å². The predicted octanol–water partition coefficient (Wildman–Crippen LogP) is 6.50. The molecule has 0 fully saturated rings. The van der Waals surface area contributed by atoms with Crippen molar-refractivity contribution in [1.82, 2.24) is 14.1 Å². The SMILES string of the molecule is CCCCCCCCCCCn1cc(Cc2ccn(C)c(=O)c2)c(=O)nc1SCc1ccc(F)cc1. The second-order valence-corrected chi connectivity index (χ2v) is 10.4. The summed E-state index contributed by atoms with van der Waals surface area (Å²) < 4.78 is 16.8. The maximum atomic E-state index is 13.3. The number of nitrogens with zero attached hydrogens (tertiary/aromatic N) is 3. The van der Waals surface area contributed by atoms with E-state index in [1.807, 2.05) is 12.3 Å². The van der Waals surface area contributed by atoms with Crippen molar-refractivity contribution >= 4 is 11.8 Å². The molecule has 0 unspecified atom stereocenters. The Hall–Kier alpha value is -2.67. The van der Waals surface area contributed by atoms with Crippen molar-refractivity contribution in [3.63, 3.8) is 0 Å². The Morgan fingerprint density at radius 1 is 0.889 bits per heavy atom. The molecule has 0 aliphatic carbocycles. The summed E-state index contributed by atoms with van der Waals surface area (Å²) in [5.74, 6) is 0.350. The third-order valence-corrected chi connectivity index (χ3v) is 7.44. The highest BCUT2D eigenvalue weighted by Gasteiger charge is 2.11. The summed E-state index contributed by atoms with van der Waals surface area (Å²) in [6, 6.07) is 9.85. The van der Waals surface area contributed by atoms with Crippen molar-refractivity contribution < 1.29 is 4.39 Å². The van der Waals surface area contributed by atoms with Crippen molar-refractivity contribution in [2.45, 2.75) is 88.6 Å². The van der Waals surface area contributed by atoms with Crippen LogP contribution in [0.15, 0.2) is 63.5 Å². The third-order valence-electron chi connectivity index (χ3n) is 6.38. The van der Waals surface area contributed by atoms with Gasteiger partial charge in [0, 0.05) is 49.8 Å². The minimum atomic E-state index is -0.263. The van der Waals surface area contributed by atoms with Crippen LogP contribution in [0.2, 0.25) is 0 Å². The molecule has 194 valence electrons. The van der Waals surface area contributed by atoms with Crippen LogP contribution in [0, 0.1) is 5.82 Å². The van der Waals surface area contributed by atoms with E-state index in [2.05, 4.69) is 16.5 Å². The maximum absolute atomic E-state index is 13.3. The normalized spacial score (nSPS) is 11.2. The number of unbranched alkanes of at least 4 members (excludes halogenated alkanes) is 8. The van der Waals surface area contributed by atoms with Crippen LogP contribution in [0.1, 0.15) is 81.4 Å². The quantitative estimate of drug-likeness (QED) is 0.133. The lowest BCUT2D eigenvalue weighted by Crippen LogP contribution is -2.21. The highest BCUT2D eigenvalue weighted by molar-refractivity contribution is 7.98. The number of thioether (sulfide) groups is 1. The topological polar surface area (TPSA) is 56.9 Å². The highest BCUT2D eigenvalue weighted by atomic mass is 32.2. The molecule has 0 atom stereocenters. The molecule has 0 spiro atoms. The lowest BCUT2D eigenvalue weighted by molar-refractivity contribution is 0.513. The van der Waals surface area contributed by atoms with Crippen LogP contribution in [0.25, 0.3) is 0 Å². The molecule has 0 bridgehead atoms. The number of aryl methyl sites for hydroxylation is 2. The Kier molecular flexibility index (Phi) is 11.5. The van der Waals surface area contributed by atoms with E-state index in [1.54, 1.807) is 31.4 Å². The van der Waals surface area contributed by atoms with E-state index in [0.717, 1.165) is 30.5 Å². The smallest absolute Gasteiger partial charge is 0.277 e. The molecule has 0 radical (unpaired) electrons. The lowest BCUT2D eigenvalue weighted by atomic mass is 10.1. The molecule has 0 aliphatic rings. The number of aromatic nitrogens is 3. The fraction of sp³-hybridized carbons (Fsp3) is 0.483. The van der Waals surface area contributed by atoms with Gasteiger partial charge >= 0.3 is 0 Å². The standard InChI is InChI=1S/C29H38FN3O2S/c1-3-4-5-6-7-8-9-10-11-17-33-21-25(19-24-16-18-32(2)27(34)20-24)28(35)31-29(33)36-22-23-12-14-26(30)15-13-23/h12-16,18,20-21H,3-11,17,19,22H2,1-2H3. The molecule has 2 aromatic heterocycles. The van der Waals surface area contributed by atoms with Gasteiger partial charge in [0.25, 0.3) is 11.1 Å². The van der Waals surface area contributed by atoms with Crippen LogP contribution < -0.4 is 11.1 Å². The zero-order valence-corrected chi connectivity index (χ0v) is 22.4. The van der Waals surface area contributed by atoms with Crippen molar-refractivity contribution in [3.8, 4) is 0 Å². The van der Waals surface area contributed by atoms with Gasteiger partial charge < -0.3 is 9.13 Å². The summed E-state index contributed by atoms with van der Waals surface area (Å²) >= 11 is 1.50. The van der Waals surface area contributed by atoms with Crippen LogP contribution in [0.4, 0.5) is 4.39 Å². The summed E-state index contributed by atoms with van der Waals surface area (Å²) in [4.78, 5) is 29.3. The van der Waals surface area contributed by atoms with Gasteiger partial charge in [-0.05, 0) is 35.7 Å². The number of halogens is 1. The largest absolute Gasteiger partial charge is 0.327 e. The molecule has 5 nitrogen and oxygen atoms in total. The maximum Gasteiger partial charge on any atom is 0.277 e. The van der Waals surface area contributed by atoms with Gasteiger partial charge in [-0.3, -0.25) is 9.59 Å². The minimum Gasteiger partial charge on any atom is -0.327 e. The molecule has 3 aromatic rings. The molecule has 0 aliphatic heterocycles. The fourth-order valence-electron chi connectivity index (χ4n) is 4.16. The second kappa shape index (κ2) is 14.8. The van der Waals surface area contributed by atoms with Gasteiger partial charge in [0.15, 0.2) is 5.16 Å². The first-order valence-corrected chi connectivity index (χ1v) is 14.1. The Bertz CT molecular complexity index is 1200. The number of pyridine rings is 1. The molecular formula is C29H38FN3O2S. The monoisotopic (exact) mass is 511 g/mol. The molecule has 0 N–H and O–H groups in total. The molecule has 0 amide bonds. The fourth-order valence-corrected chi connectivity index (χ4v) is 5.10. The van der Waals surface area contributed by atoms with Crippen molar-refractivity contribution in [2.24, 2.45) is 7.05 Å².